The Hall–Kier alpha value is -3.15. The normalized spacial score (nSPS) is 12.7. The maximum Gasteiger partial charge on any atom is 0.314 e. The highest BCUT2D eigenvalue weighted by Gasteiger charge is 2.25. The molecule has 0 aliphatic heterocycles. The van der Waals surface area contributed by atoms with Gasteiger partial charge in [0.1, 0.15) is 0 Å². The van der Waals surface area contributed by atoms with E-state index < -0.39 is 29.8 Å². The lowest BCUT2D eigenvalue weighted by molar-refractivity contribution is -0.154. The summed E-state index contributed by atoms with van der Waals surface area (Å²) in [6, 6.07) is 15.5. The van der Waals surface area contributed by atoms with E-state index in [0.717, 1.165) is 5.56 Å². The van der Waals surface area contributed by atoms with Gasteiger partial charge in [-0.05, 0) is 43.2 Å². The minimum Gasteiger partial charge on any atom is -0.452 e. The first kappa shape index (κ1) is 19.2. The molecule has 0 radical (unpaired) electrons. The maximum absolute atomic E-state index is 12.4. The summed E-state index contributed by atoms with van der Waals surface area (Å²) in [5.41, 5.74) is 6.86. The van der Waals surface area contributed by atoms with Crippen molar-refractivity contribution in [2.75, 3.05) is 5.32 Å². The fourth-order valence-electron chi connectivity index (χ4n) is 2.50. The smallest absolute Gasteiger partial charge is 0.314 e. The monoisotopic (exact) mass is 354 g/mol. The first-order chi connectivity index (χ1) is 12.4. The number of anilines is 1. The number of rotatable bonds is 7. The Labute approximate surface area is 152 Å². The zero-order chi connectivity index (χ0) is 19.1. The number of hydrogen-bond donors (Lipinski definition) is 2. The largest absolute Gasteiger partial charge is 0.452 e. The molecule has 2 aromatic carbocycles. The molecule has 2 amide bonds. The lowest BCUT2D eigenvalue weighted by Gasteiger charge is -2.18. The Balaban J connectivity index is 1.97. The quantitative estimate of drug-likeness (QED) is 0.747. The molecule has 0 aliphatic carbocycles. The highest BCUT2D eigenvalue weighted by molar-refractivity contribution is 5.97. The van der Waals surface area contributed by atoms with E-state index in [1.807, 2.05) is 37.3 Å². The number of benzene rings is 2. The molecule has 136 valence electrons. The second-order valence-electron chi connectivity index (χ2n) is 5.88. The summed E-state index contributed by atoms with van der Waals surface area (Å²) in [4.78, 5) is 35.7. The van der Waals surface area contributed by atoms with Gasteiger partial charge in [0.15, 0.2) is 6.10 Å². The minimum absolute atomic E-state index is 0.344. The molecule has 0 aromatic heterocycles. The van der Waals surface area contributed by atoms with Crippen LogP contribution in [0.25, 0.3) is 0 Å². The number of amides is 2. The van der Waals surface area contributed by atoms with E-state index in [1.54, 1.807) is 12.1 Å². The minimum atomic E-state index is -0.948. The van der Waals surface area contributed by atoms with Gasteiger partial charge in [-0.2, -0.15) is 0 Å². The molecule has 0 bridgehead atoms. The highest BCUT2D eigenvalue weighted by Crippen LogP contribution is 2.21. The number of ether oxygens (including phenoxy) is 1. The average Bonchev–Trinajstić information content (AvgIpc) is 2.63. The molecular weight excluding hydrogens is 332 g/mol. The molecule has 0 saturated carbocycles. The topological polar surface area (TPSA) is 98.5 Å². The summed E-state index contributed by atoms with van der Waals surface area (Å²) in [6.45, 7) is 3.41. The van der Waals surface area contributed by atoms with E-state index in [1.165, 1.54) is 19.1 Å². The van der Waals surface area contributed by atoms with Crippen molar-refractivity contribution in [3.05, 3.63) is 65.7 Å². The van der Waals surface area contributed by atoms with Gasteiger partial charge in [0.25, 0.3) is 5.91 Å². The second-order valence-corrected chi connectivity index (χ2v) is 5.88. The Morgan fingerprint density at radius 2 is 1.65 bits per heavy atom. The van der Waals surface area contributed by atoms with Crippen molar-refractivity contribution in [3.8, 4) is 0 Å². The van der Waals surface area contributed by atoms with E-state index in [2.05, 4.69) is 5.32 Å². The van der Waals surface area contributed by atoms with E-state index in [9.17, 15) is 14.4 Å². The summed E-state index contributed by atoms with van der Waals surface area (Å²) in [7, 11) is 0. The molecule has 2 aromatic rings. The van der Waals surface area contributed by atoms with E-state index in [-0.39, 0.29) is 0 Å². The number of carbonyl (C=O) groups is 3. The fourth-order valence-corrected chi connectivity index (χ4v) is 2.50. The van der Waals surface area contributed by atoms with E-state index >= 15 is 0 Å². The van der Waals surface area contributed by atoms with Gasteiger partial charge in [0, 0.05) is 11.3 Å². The summed E-state index contributed by atoms with van der Waals surface area (Å²) in [5.74, 6) is -1.85. The van der Waals surface area contributed by atoms with Crippen LogP contribution in [0, 0.1) is 0 Å². The Kier molecular flexibility index (Phi) is 6.49. The molecule has 0 saturated heterocycles. The van der Waals surface area contributed by atoms with Crippen molar-refractivity contribution in [3.63, 3.8) is 0 Å². The number of nitrogens with two attached hydrogens (primary N) is 1. The molecule has 0 unspecified atom stereocenters. The van der Waals surface area contributed by atoms with Crippen LogP contribution in [0.3, 0.4) is 0 Å². The molecule has 2 rings (SSSR count). The molecule has 3 N–H and O–H groups in total. The van der Waals surface area contributed by atoms with Crippen LogP contribution in [0.1, 0.15) is 42.1 Å². The number of esters is 1. The van der Waals surface area contributed by atoms with Gasteiger partial charge < -0.3 is 15.8 Å². The van der Waals surface area contributed by atoms with Crippen molar-refractivity contribution in [1.82, 2.24) is 0 Å². The van der Waals surface area contributed by atoms with E-state index in [0.29, 0.717) is 17.7 Å². The summed E-state index contributed by atoms with van der Waals surface area (Å²) >= 11 is 0. The number of primary amides is 1. The number of carbonyl (C=O) groups excluding carboxylic acids is 3. The molecular formula is C20H22N2O4. The van der Waals surface area contributed by atoms with Crippen molar-refractivity contribution >= 4 is 23.5 Å². The molecule has 2 atom stereocenters. The molecule has 6 heteroatoms. The number of nitrogens with one attached hydrogen (secondary N) is 1. The van der Waals surface area contributed by atoms with Gasteiger partial charge in [-0.15, -0.1) is 0 Å². The van der Waals surface area contributed by atoms with Crippen molar-refractivity contribution in [2.24, 2.45) is 5.73 Å². The number of hydrogen-bond acceptors (Lipinski definition) is 4. The van der Waals surface area contributed by atoms with Crippen molar-refractivity contribution < 1.29 is 19.1 Å². The average molecular weight is 354 g/mol. The summed E-state index contributed by atoms with van der Waals surface area (Å²) in [6.07, 6.45) is -0.373. The molecule has 0 aliphatic rings. The van der Waals surface area contributed by atoms with Crippen LogP contribution in [-0.2, 0) is 14.3 Å². The van der Waals surface area contributed by atoms with Crippen LogP contribution in [0.5, 0.6) is 0 Å². The van der Waals surface area contributed by atoms with Crippen LogP contribution in [0.4, 0.5) is 5.69 Å². The Morgan fingerprint density at radius 1 is 1.04 bits per heavy atom. The third-order valence-corrected chi connectivity index (χ3v) is 3.99. The maximum atomic E-state index is 12.4. The van der Waals surface area contributed by atoms with Crippen molar-refractivity contribution in [1.29, 1.82) is 0 Å². The van der Waals surface area contributed by atoms with Crippen LogP contribution in [-0.4, -0.2) is 23.9 Å². The van der Waals surface area contributed by atoms with Crippen LogP contribution in [0.15, 0.2) is 54.6 Å². The summed E-state index contributed by atoms with van der Waals surface area (Å²) < 4.78 is 5.33. The fraction of sp³-hybridized carbons (Fsp3) is 0.250. The molecule has 0 spiro atoms. The van der Waals surface area contributed by atoms with Crippen LogP contribution < -0.4 is 11.1 Å². The Morgan fingerprint density at radius 3 is 2.19 bits per heavy atom. The molecule has 0 heterocycles. The SMILES string of the molecule is CC[C@@H](C(=O)O[C@H](C)C(=O)Nc1ccc(C(N)=O)cc1)c1ccccc1. The highest BCUT2D eigenvalue weighted by atomic mass is 16.5. The predicted octanol–water partition coefficient (Wildman–Crippen LogP) is 2.85. The lowest BCUT2D eigenvalue weighted by Crippen LogP contribution is -2.31. The van der Waals surface area contributed by atoms with Gasteiger partial charge in [0.05, 0.1) is 5.92 Å². The van der Waals surface area contributed by atoms with Crippen LogP contribution >= 0.6 is 0 Å². The van der Waals surface area contributed by atoms with Gasteiger partial charge >= 0.3 is 5.97 Å². The van der Waals surface area contributed by atoms with Gasteiger partial charge in [-0.3, -0.25) is 14.4 Å². The summed E-state index contributed by atoms with van der Waals surface area (Å²) in [5, 5.41) is 2.64. The third kappa shape index (κ3) is 4.92. The Bertz CT molecular complexity index is 772. The predicted molar refractivity (Wildman–Crippen MR) is 98.6 cm³/mol. The first-order valence-corrected chi connectivity index (χ1v) is 8.38. The first-order valence-electron chi connectivity index (χ1n) is 8.38. The zero-order valence-corrected chi connectivity index (χ0v) is 14.8. The van der Waals surface area contributed by atoms with E-state index in [4.69, 9.17) is 10.5 Å². The van der Waals surface area contributed by atoms with Gasteiger partial charge in [-0.25, -0.2) is 0 Å². The standard InChI is InChI=1S/C20H22N2O4/c1-3-17(14-7-5-4-6-8-14)20(25)26-13(2)19(24)22-16-11-9-15(10-12-16)18(21)23/h4-13,17H,3H2,1-2H3,(H2,21,23)(H,22,24)/t13-,17-/m1/s1. The molecule has 26 heavy (non-hydrogen) atoms. The van der Waals surface area contributed by atoms with Crippen LogP contribution in [0.2, 0.25) is 0 Å². The van der Waals surface area contributed by atoms with Gasteiger partial charge in [0.2, 0.25) is 5.91 Å². The molecule has 6 nitrogen and oxygen atoms in total. The zero-order valence-electron chi connectivity index (χ0n) is 14.8. The third-order valence-electron chi connectivity index (χ3n) is 3.99. The lowest BCUT2D eigenvalue weighted by atomic mass is 9.97. The van der Waals surface area contributed by atoms with Crippen molar-refractivity contribution in [2.45, 2.75) is 32.3 Å². The molecule has 0 fully saturated rings. The second kappa shape index (κ2) is 8.80. The van der Waals surface area contributed by atoms with Gasteiger partial charge in [-0.1, -0.05) is 37.3 Å².